The third kappa shape index (κ3) is 4.71. The van der Waals surface area contributed by atoms with Crippen molar-refractivity contribution in [2.45, 2.75) is 58.2 Å². The molecule has 3 N–H and O–H groups in total. The first kappa shape index (κ1) is 20.5. The first-order chi connectivity index (χ1) is 14.1. The highest BCUT2D eigenvalue weighted by atomic mass is 32.1. The van der Waals surface area contributed by atoms with Crippen LogP contribution >= 0.6 is 11.3 Å². The fourth-order valence-electron chi connectivity index (χ4n) is 4.43. The van der Waals surface area contributed by atoms with Gasteiger partial charge in [0, 0.05) is 55.1 Å². The molecule has 2 bridgehead atoms. The summed E-state index contributed by atoms with van der Waals surface area (Å²) in [6.45, 7) is 8.08. The number of nitrogens with zero attached hydrogens (tertiary/aromatic N) is 3. The Bertz CT molecular complexity index is 800. The van der Waals surface area contributed by atoms with Crippen molar-refractivity contribution in [3.05, 3.63) is 21.4 Å². The second-order valence-electron chi connectivity index (χ2n) is 8.07. The number of fused-ring (bicyclic) bond motifs is 3. The van der Waals surface area contributed by atoms with E-state index in [4.69, 9.17) is 10.6 Å². The highest BCUT2D eigenvalue weighted by Gasteiger charge is 2.32. The van der Waals surface area contributed by atoms with Crippen LogP contribution in [0.25, 0.3) is 6.08 Å². The second-order valence-corrected chi connectivity index (χ2v) is 9.24. The predicted octanol–water partition coefficient (Wildman–Crippen LogP) is 2.65. The van der Waals surface area contributed by atoms with Crippen LogP contribution in [0.3, 0.4) is 0 Å². The molecule has 1 amide bonds. The summed E-state index contributed by atoms with van der Waals surface area (Å²) in [5.74, 6) is 0.356. The molecule has 2 fully saturated rings. The number of hydrogen-bond acceptors (Lipinski definition) is 7. The lowest BCUT2D eigenvalue weighted by Gasteiger charge is -2.32. The summed E-state index contributed by atoms with van der Waals surface area (Å²) in [7, 11) is 0. The van der Waals surface area contributed by atoms with Crippen LogP contribution < -0.4 is 11.1 Å². The number of aliphatic imine (C=N–C) groups is 1. The molecule has 0 spiro atoms. The minimum absolute atomic E-state index is 0.117. The molecular formula is C21H31N5O2S. The zero-order valence-corrected chi connectivity index (χ0v) is 18.1. The molecule has 0 saturated carbocycles. The Balaban J connectivity index is 1.53. The van der Waals surface area contributed by atoms with E-state index in [2.05, 4.69) is 21.3 Å². The Hall–Kier alpha value is -1.74. The SMILES string of the molecule is CCCN(OCC)C(=O)C1=Cc2sc(CN3CC4CCC(C3)N4)cc2N=C(N)C1. The number of rotatable bonds is 7. The number of carbonyl (C=O) groups excluding carboxylic acids is 1. The topological polar surface area (TPSA) is 83.2 Å². The minimum Gasteiger partial charge on any atom is -0.387 e. The van der Waals surface area contributed by atoms with E-state index in [1.807, 2.05) is 19.9 Å². The lowest BCUT2D eigenvalue weighted by molar-refractivity contribution is -0.180. The fourth-order valence-corrected chi connectivity index (χ4v) is 5.54. The Labute approximate surface area is 176 Å². The van der Waals surface area contributed by atoms with Crippen molar-refractivity contribution in [3.63, 3.8) is 0 Å². The Morgan fingerprint density at radius 2 is 2.14 bits per heavy atom. The molecule has 3 aliphatic rings. The Morgan fingerprint density at radius 1 is 1.38 bits per heavy atom. The summed E-state index contributed by atoms with van der Waals surface area (Å²) in [6.07, 6.45) is 5.71. The van der Waals surface area contributed by atoms with Gasteiger partial charge >= 0.3 is 0 Å². The van der Waals surface area contributed by atoms with Gasteiger partial charge in [-0.05, 0) is 38.3 Å². The third-order valence-corrected chi connectivity index (χ3v) is 6.67. The lowest BCUT2D eigenvalue weighted by Crippen LogP contribution is -2.50. The average Bonchev–Trinajstić information content (AvgIpc) is 3.17. The molecule has 2 saturated heterocycles. The van der Waals surface area contributed by atoms with E-state index in [-0.39, 0.29) is 5.91 Å². The van der Waals surface area contributed by atoms with Gasteiger partial charge in [0.2, 0.25) is 0 Å². The number of amides is 1. The zero-order valence-electron chi connectivity index (χ0n) is 17.3. The van der Waals surface area contributed by atoms with Gasteiger partial charge in [0.1, 0.15) is 5.84 Å². The van der Waals surface area contributed by atoms with E-state index in [9.17, 15) is 4.79 Å². The maximum atomic E-state index is 13.0. The molecule has 4 heterocycles. The molecule has 0 radical (unpaired) electrons. The van der Waals surface area contributed by atoms with Crippen LogP contribution in [-0.2, 0) is 16.2 Å². The van der Waals surface area contributed by atoms with Crippen LogP contribution in [0.2, 0.25) is 0 Å². The first-order valence-electron chi connectivity index (χ1n) is 10.6. The number of thiophene rings is 1. The largest absolute Gasteiger partial charge is 0.387 e. The predicted molar refractivity (Wildman–Crippen MR) is 117 cm³/mol. The second kappa shape index (κ2) is 8.95. The molecule has 4 rings (SSSR count). The van der Waals surface area contributed by atoms with Crippen molar-refractivity contribution < 1.29 is 9.63 Å². The van der Waals surface area contributed by atoms with Crippen LogP contribution in [0.1, 0.15) is 49.3 Å². The van der Waals surface area contributed by atoms with Crippen molar-refractivity contribution in [3.8, 4) is 0 Å². The summed E-state index contributed by atoms with van der Waals surface area (Å²) >= 11 is 1.71. The molecule has 29 heavy (non-hydrogen) atoms. The van der Waals surface area contributed by atoms with Crippen LogP contribution in [0, 0.1) is 0 Å². The molecule has 7 nitrogen and oxygen atoms in total. The zero-order chi connectivity index (χ0) is 20.4. The highest BCUT2D eigenvalue weighted by Crippen LogP contribution is 2.36. The molecule has 0 aliphatic carbocycles. The van der Waals surface area contributed by atoms with Crippen LogP contribution in [0.5, 0.6) is 0 Å². The number of amidine groups is 1. The molecule has 2 atom stereocenters. The van der Waals surface area contributed by atoms with Gasteiger partial charge in [-0.25, -0.2) is 10.1 Å². The summed E-state index contributed by atoms with van der Waals surface area (Å²) in [5, 5.41) is 5.13. The van der Waals surface area contributed by atoms with Crippen molar-refractivity contribution in [1.29, 1.82) is 0 Å². The molecular weight excluding hydrogens is 386 g/mol. The minimum atomic E-state index is -0.117. The number of carbonyl (C=O) groups is 1. The maximum Gasteiger partial charge on any atom is 0.273 e. The van der Waals surface area contributed by atoms with E-state index in [1.165, 1.54) is 22.8 Å². The van der Waals surface area contributed by atoms with Crippen molar-refractivity contribution in [1.82, 2.24) is 15.3 Å². The Morgan fingerprint density at radius 3 is 2.83 bits per heavy atom. The number of likely N-dealkylation sites (tertiary alicyclic amines) is 1. The standard InChI is InChI=1S/C21H31N5O2S/c1-3-7-26(28-4-2)21(27)14-8-19-18(24-20(22)9-14)10-17(29-19)13-25-11-15-5-6-16(12-25)23-15/h8,10,15-16,23H,3-7,9,11-13H2,1-2H3,(H2,22,24). The number of nitrogens with one attached hydrogen (secondary N) is 1. The molecule has 8 heteroatoms. The smallest absolute Gasteiger partial charge is 0.273 e. The molecule has 0 aromatic carbocycles. The molecule has 2 unspecified atom stereocenters. The van der Waals surface area contributed by atoms with Gasteiger partial charge in [0.25, 0.3) is 5.91 Å². The number of nitrogens with two attached hydrogens (primary N) is 1. The monoisotopic (exact) mass is 417 g/mol. The third-order valence-electron chi connectivity index (χ3n) is 5.62. The quantitative estimate of drug-likeness (QED) is 0.667. The van der Waals surface area contributed by atoms with Crippen LogP contribution in [0.15, 0.2) is 16.6 Å². The summed E-state index contributed by atoms with van der Waals surface area (Å²) < 4.78 is 0. The fraction of sp³-hybridized carbons (Fsp3) is 0.619. The first-order valence-corrected chi connectivity index (χ1v) is 11.5. The maximum absolute atomic E-state index is 13.0. The number of piperazine rings is 1. The van der Waals surface area contributed by atoms with Crippen molar-refractivity contribution in [2.24, 2.45) is 10.7 Å². The van der Waals surface area contributed by atoms with Gasteiger partial charge in [-0.1, -0.05) is 6.92 Å². The van der Waals surface area contributed by atoms with E-state index in [1.54, 1.807) is 11.3 Å². The molecule has 1 aromatic rings. The average molecular weight is 418 g/mol. The van der Waals surface area contributed by atoms with Gasteiger partial charge in [-0.3, -0.25) is 14.5 Å². The molecule has 3 aliphatic heterocycles. The van der Waals surface area contributed by atoms with Gasteiger partial charge in [0.05, 0.1) is 17.2 Å². The summed E-state index contributed by atoms with van der Waals surface area (Å²) in [4.78, 5) is 27.9. The van der Waals surface area contributed by atoms with Gasteiger partial charge in [-0.15, -0.1) is 11.3 Å². The summed E-state index contributed by atoms with van der Waals surface area (Å²) in [5.41, 5.74) is 7.66. The number of hydrogen-bond donors (Lipinski definition) is 2. The Kier molecular flexibility index (Phi) is 6.34. The molecule has 1 aromatic heterocycles. The van der Waals surface area contributed by atoms with Gasteiger partial charge < -0.3 is 11.1 Å². The van der Waals surface area contributed by atoms with E-state index in [0.717, 1.165) is 36.6 Å². The van der Waals surface area contributed by atoms with Crippen LogP contribution in [-0.4, -0.2) is 60.0 Å². The van der Waals surface area contributed by atoms with Crippen LogP contribution in [0.4, 0.5) is 5.69 Å². The molecule has 158 valence electrons. The van der Waals surface area contributed by atoms with E-state index in [0.29, 0.717) is 43.1 Å². The van der Waals surface area contributed by atoms with Gasteiger partial charge in [-0.2, -0.15) is 0 Å². The highest BCUT2D eigenvalue weighted by molar-refractivity contribution is 7.13. The van der Waals surface area contributed by atoms with Crippen molar-refractivity contribution >= 4 is 34.8 Å². The van der Waals surface area contributed by atoms with Crippen molar-refractivity contribution in [2.75, 3.05) is 26.2 Å². The summed E-state index contributed by atoms with van der Waals surface area (Å²) in [6, 6.07) is 3.40. The lowest BCUT2D eigenvalue weighted by atomic mass is 10.1. The normalized spacial score (nSPS) is 23.9. The number of hydroxylamine groups is 2. The van der Waals surface area contributed by atoms with E-state index >= 15 is 0 Å². The van der Waals surface area contributed by atoms with E-state index < -0.39 is 0 Å². The van der Waals surface area contributed by atoms with Gasteiger partial charge in [0.15, 0.2) is 0 Å².